The second-order valence-electron chi connectivity index (χ2n) is 9.18. The first-order chi connectivity index (χ1) is 16.0. The first-order valence-corrected chi connectivity index (χ1v) is 11.5. The fraction of sp³-hybridized carbons (Fsp3) is 0.480. The van der Waals surface area contributed by atoms with E-state index in [1.807, 2.05) is 7.11 Å². The van der Waals surface area contributed by atoms with Gasteiger partial charge < -0.3 is 19.4 Å². The molecule has 1 aromatic carbocycles. The highest BCUT2D eigenvalue weighted by Gasteiger charge is 2.51. The fourth-order valence-electron chi connectivity index (χ4n) is 5.83. The molecule has 5 rings (SSSR count). The summed E-state index contributed by atoms with van der Waals surface area (Å²) in [6.07, 6.45) is 7.18. The SMILES string of the molecule is CCOC(=O)c1cnc(NC[C@H]2CN(C)[C@@H]3Cc4cn(C)c5cccc(c45)[C@@]3(OC)C2)nc1. The molecule has 1 saturated heterocycles. The van der Waals surface area contributed by atoms with E-state index in [-0.39, 0.29) is 5.60 Å². The summed E-state index contributed by atoms with van der Waals surface area (Å²) in [5.74, 6) is 0.452. The first kappa shape index (κ1) is 21.9. The van der Waals surface area contributed by atoms with E-state index in [4.69, 9.17) is 9.47 Å². The van der Waals surface area contributed by atoms with Crippen LogP contribution in [-0.4, -0.2) is 65.3 Å². The number of methoxy groups -OCH3 is 1. The number of nitrogens with zero attached hydrogens (tertiary/aromatic N) is 4. The highest BCUT2D eigenvalue weighted by Crippen LogP contribution is 2.49. The molecular weight excluding hydrogens is 418 g/mol. The lowest BCUT2D eigenvalue weighted by molar-refractivity contribution is -0.123. The molecule has 1 aliphatic carbocycles. The summed E-state index contributed by atoms with van der Waals surface area (Å²) in [7, 11) is 6.16. The molecule has 0 saturated carbocycles. The Hall–Kier alpha value is -2.97. The molecule has 33 heavy (non-hydrogen) atoms. The maximum absolute atomic E-state index is 11.8. The lowest BCUT2D eigenvalue weighted by Crippen LogP contribution is -2.60. The zero-order valence-corrected chi connectivity index (χ0v) is 19.7. The van der Waals surface area contributed by atoms with Gasteiger partial charge in [-0.1, -0.05) is 12.1 Å². The van der Waals surface area contributed by atoms with Gasteiger partial charge in [0.05, 0.1) is 12.2 Å². The van der Waals surface area contributed by atoms with Gasteiger partial charge in [-0.15, -0.1) is 0 Å². The summed E-state index contributed by atoms with van der Waals surface area (Å²) < 4.78 is 13.6. The van der Waals surface area contributed by atoms with Crippen molar-refractivity contribution in [1.82, 2.24) is 19.4 Å². The largest absolute Gasteiger partial charge is 0.462 e. The van der Waals surface area contributed by atoms with Crippen LogP contribution in [0.3, 0.4) is 0 Å². The van der Waals surface area contributed by atoms with E-state index in [1.54, 1.807) is 6.92 Å². The number of carbonyl (C=O) groups excluding carboxylic acids is 1. The number of benzene rings is 1. The van der Waals surface area contributed by atoms with E-state index < -0.39 is 5.97 Å². The third-order valence-electron chi connectivity index (χ3n) is 7.25. The van der Waals surface area contributed by atoms with Gasteiger partial charge in [-0.25, -0.2) is 14.8 Å². The van der Waals surface area contributed by atoms with E-state index in [9.17, 15) is 4.79 Å². The van der Waals surface area contributed by atoms with Crippen molar-refractivity contribution in [3.63, 3.8) is 0 Å². The van der Waals surface area contributed by atoms with Crippen molar-refractivity contribution in [3.05, 3.63) is 53.5 Å². The van der Waals surface area contributed by atoms with E-state index in [1.165, 1.54) is 34.4 Å². The minimum absolute atomic E-state index is 0.291. The number of esters is 1. The number of carbonyl (C=O) groups is 1. The number of anilines is 1. The molecule has 0 bridgehead atoms. The summed E-state index contributed by atoms with van der Waals surface area (Å²) in [5.41, 5.74) is 3.95. The number of fused-ring (bicyclic) bond motifs is 2. The van der Waals surface area contributed by atoms with E-state index in [0.717, 1.165) is 25.9 Å². The highest BCUT2D eigenvalue weighted by molar-refractivity contribution is 5.90. The van der Waals surface area contributed by atoms with Crippen LogP contribution < -0.4 is 5.32 Å². The average molecular weight is 450 g/mol. The normalized spacial score (nSPS) is 24.5. The van der Waals surface area contributed by atoms with Gasteiger partial charge in [0.15, 0.2) is 0 Å². The minimum Gasteiger partial charge on any atom is -0.462 e. The van der Waals surface area contributed by atoms with Crippen molar-refractivity contribution in [3.8, 4) is 0 Å². The standard InChI is InChI=1S/C25H31N5O3/c1-5-33-23(31)18-12-27-24(28-13-18)26-11-16-10-25(32-4)19-7-6-8-20-22(19)17(15-29(20)2)9-21(25)30(3)14-16/h6-8,12-13,15-16,21H,5,9-11,14H2,1-4H3,(H,26,27,28)/t16-,21+,25-/m0/s1. The van der Waals surface area contributed by atoms with Crippen LogP contribution in [0.4, 0.5) is 5.95 Å². The molecule has 2 aromatic heterocycles. The molecule has 174 valence electrons. The van der Waals surface area contributed by atoms with Crippen molar-refractivity contribution >= 4 is 22.8 Å². The molecule has 0 amide bonds. The van der Waals surface area contributed by atoms with E-state index in [0.29, 0.717) is 30.1 Å². The minimum atomic E-state index is -0.405. The molecule has 2 aliphatic rings. The molecule has 3 heterocycles. The Kier molecular flexibility index (Phi) is 5.58. The Morgan fingerprint density at radius 3 is 2.79 bits per heavy atom. The van der Waals surface area contributed by atoms with Gasteiger partial charge in [0, 0.05) is 62.8 Å². The van der Waals surface area contributed by atoms with Crippen LogP contribution in [0.2, 0.25) is 0 Å². The Morgan fingerprint density at radius 2 is 2.06 bits per heavy atom. The third-order valence-corrected chi connectivity index (χ3v) is 7.25. The number of likely N-dealkylation sites (tertiary alicyclic amines) is 1. The van der Waals surface area contributed by atoms with Crippen LogP contribution in [0.1, 0.15) is 34.8 Å². The van der Waals surface area contributed by atoms with Crippen LogP contribution in [0, 0.1) is 5.92 Å². The van der Waals surface area contributed by atoms with Gasteiger partial charge in [-0.3, -0.25) is 4.90 Å². The molecule has 8 nitrogen and oxygen atoms in total. The Balaban J connectivity index is 1.37. The molecular formula is C25H31N5O3. The Labute approximate surface area is 193 Å². The topological polar surface area (TPSA) is 81.5 Å². The molecule has 0 spiro atoms. The van der Waals surface area contributed by atoms with Crippen LogP contribution in [0.15, 0.2) is 36.8 Å². The lowest BCUT2D eigenvalue weighted by Gasteiger charge is -2.53. The maximum Gasteiger partial charge on any atom is 0.341 e. The quantitative estimate of drug-likeness (QED) is 0.580. The van der Waals surface area contributed by atoms with Crippen LogP contribution in [-0.2, 0) is 28.5 Å². The second kappa shape index (κ2) is 8.43. The van der Waals surface area contributed by atoms with Gasteiger partial charge in [0.2, 0.25) is 5.95 Å². The van der Waals surface area contributed by atoms with Crippen molar-refractivity contribution < 1.29 is 14.3 Å². The van der Waals surface area contributed by atoms with Crippen molar-refractivity contribution in [2.45, 2.75) is 31.4 Å². The molecule has 0 radical (unpaired) electrons. The molecule has 3 aromatic rings. The van der Waals surface area contributed by atoms with Crippen molar-refractivity contribution in [1.29, 1.82) is 0 Å². The number of aromatic nitrogens is 3. The number of piperidine rings is 1. The predicted molar refractivity (Wildman–Crippen MR) is 126 cm³/mol. The third kappa shape index (κ3) is 3.57. The number of rotatable bonds is 6. The monoisotopic (exact) mass is 449 g/mol. The van der Waals surface area contributed by atoms with Crippen LogP contribution in [0.25, 0.3) is 10.9 Å². The molecule has 3 atom stereocenters. The van der Waals surface area contributed by atoms with Crippen LogP contribution >= 0.6 is 0 Å². The number of hydrogen-bond acceptors (Lipinski definition) is 7. The van der Waals surface area contributed by atoms with Crippen LogP contribution in [0.5, 0.6) is 0 Å². The van der Waals surface area contributed by atoms with Gasteiger partial charge in [-0.05, 0) is 49.9 Å². The number of aryl methyl sites for hydroxylation is 1. The molecule has 1 N–H and O–H groups in total. The number of hydrogen-bond donors (Lipinski definition) is 1. The summed E-state index contributed by atoms with van der Waals surface area (Å²) in [6, 6.07) is 6.86. The lowest BCUT2D eigenvalue weighted by atomic mass is 9.68. The number of ether oxygens (including phenoxy) is 2. The Bertz CT molecular complexity index is 1170. The number of nitrogens with one attached hydrogen (secondary N) is 1. The first-order valence-electron chi connectivity index (χ1n) is 11.5. The van der Waals surface area contributed by atoms with E-state index >= 15 is 0 Å². The smallest absolute Gasteiger partial charge is 0.341 e. The predicted octanol–water partition coefficient (Wildman–Crippen LogP) is 2.98. The molecule has 1 fully saturated rings. The second-order valence-corrected chi connectivity index (χ2v) is 9.18. The van der Waals surface area contributed by atoms with Gasteiger partial charge in [0.1, 0.15) is 5.60 Å². The fourth-order valence-corrected chi connectivity index (χ4v) is 5.83. The molecule has 0 unspecified atom stereocenters. The summed E-state index contributed by atoms with van der Waals surface area (Å²) in [6.45, 7) is 3.79. The Morgan fingerprint density at radius 1 is 1.27 bits per heavy atom. The number of likely N-dealkylation sites (N-methyl/N-ethyl adjacent to an activating group) is 1. The zero-order valence-electron chi connectivity index (χ0n) is 19.7. The summed E-state index contributed by atoms with van der Waals surface area (Å²) in [4.78, 5) is 22.9. The summed E-state index contributed by atoms with van der Waals surface area (Å²) >= 11 is 0. The highest BCUT2D eigenvalue weighted by atomic mass is 16.5. The average Bonchev–Trinajstić information content (AvgIpc) is 3.15. The molecule has 1 aliphatic heterocycles. The summed E-state index contributed by atoms with van der Waals surface area (Å²) in [5, 5.41) is 4.70. The zero-order chi connectivity index (χ0) is 23.2. The van der Waals surface area contributed by atoms with Gasteiger partial charge in [0.25, 0.3) is 0 Å². The van der Waals surface area contributed by atoms with Gasteiger partial charge >= 0.3 is 5.97 Å². The van der Waals surface area contributed by atoms with Crippen molar-refractivity contribution in [2.75, 3.05) is 39.2 Å². The van der Waals surface area contributed by atoms with Crippen molar-refractivity contribution in [2.24, 2.45) is 13.0 Å². The van der Waals surface area contributed by atoms with Gasteiger partial charge in [-0.2, -0.15) is 0 Å². The van der Waals surface area contributed by atoms with E-state index in [2.05, 4.69) is 63.2 Å². The molecule has 8 heteroatoms. The maximum atomic E-state index is 11.8.